The van der Waals surface area contributed by atoms with E-state index >= 15 is 0 Å². The molecule has 0 aliphatic rings. The zero-order valence-electron chi connectivity index (χ0n) is 14.4. The Morgan fingerprint density at radius 3 is 2.48 bits per heavy atom. The first kappa shape index (κ1) is 18.1. The Balaban J connectivity index is 1.79. The molecule has 2 rings (SSSR count). The van der Waals surface area contributed by atoms with Crippen LogP contribution in [0.25, 0.3) is 10.9 Å². The average Bonchev–Trinajstić information content (AvgIpc) is 2.95. The van der Waals surface area contributed by atoms with Gasteiger partial charge in [-0.3, -0.25) is 5.10 Å². The van der Waals surface area contributed by atoms with Crippen molar-refractivity contribution in [3.63, 3.8) is 0 Å². The Morgan fingerprint density at radius 2 is 1.78 bits per heavy atom. The molecule has 0 aliphatic heterocycles. The summed E-state index contributed by atoms with van der Waals surface area (Å²) < 4.78 is 0. The molecule has 0 aliphatic carbocycles. The topological polar surface area (TPSA) is 44.0 Å². The molecule has 2 N–H and O–H groups in total. The Hall–Kier alpha value is -1.26. The average molecular weight is 337 g/mol. The van der Waals surface area contributed by atoms with E-state index in [1.54, 1.807) is 0 Å². The summed E-state index contributed by atoms with van der Waals surface area (Å²) in [5.74, 6) is 0.899. The fourth-order valence-electron chi connectivity index (χ4n) is 2.73. The molecule has 0 bridgehead atoms. The molecule has 1 aromatic carbocycles. The third-order valence-corrected chi connectivity index (χ3v) is 4.36. The molecule has 128 valence electrons. The standard InChI is InChI=1S/C18H29ClN4/c1-3-5-11-23(12-6-4-2)13-7-10-20-18-16-14-15(19)8-9-17(16)21-22-18/h8-9,14H,3-7,10-13H2,1-2H3,(H2,20,21,22). The number of anilines is 1. The van der Waals surface area contributed by atoms with Gasteiger partial charge in [-0.25, -0.2) is 0 Å². The highest BCUT2D eigenvalue weighted by Crippen LogP contribution is 2.23. The second kappa shape index (κ2) is 9.78. The van der Waals surface area contributed by atoms with E-state index in [1.807, 2.05) is 18.2 Å². The van der Waals surface area contributed by atoms with Crippen LogP contribution in [-0.2, 0) is 0 Å². The van der Waals surface area contributed by atoms with Gasteiger partial charge in [0.1, 0.15) is 0 Å². The number of nitrogens with one attached hydrogen (secondary N) is 2. The number of halogens is 1. The maximum absolute atomic E-state index is 6.07. The first-order valence-electron chi connectivity index (χ1n) is 8.84. The lowest BCUT2D eigenvalue weighted by Crippen LogP contribution is -2.28. The highest BCUT2D eigenvalue weighted by atomic mass is 35.5. The molecule has 0 fully saturated rings. The number of unbranched alkanes of at least 4 members (excludes halogenated alkanes) is 2. The summed E-state index contributed by atoms with van der Waals surface area (Å²) >= 11 is 6.07. The molecule has 4 nitrogen and oxygen atoms in total. The molecular weight excluding hydrogens is 308 g/mol. The number of hydrogen-bond donors (Lipinski definition) is 2. The highest BCUT2D eigenvalue weighted by molar-refractivity contribution is 6.31. The van der Waals surface area contributed by atoms with Crippen molar-refractivity contribution in [2.24, 2.45) is 0 Å². The first-order valence-corrected chi connectivity index (χ1v) is 9.22. The molecule has 0 saturated heterocycles. The van der Waals surface area contributed by atoms with Gasteiger partial charge in [-0.05, 0) is 57.1 Å². The van der Waals surface area contributed by atoms with E-state index in [2.05, 4.69) is 34.3 Å². The number of H-pyrrole nitrogens is 1. The summed E-state index contributed by atoms with van der Waals surface area (Å²) in [4.78, 5) is 2.59. The molecule has 0 unspecified atom stereocenters. The molecule has 23 heavy (non-hydrogen) atoms. The van der Waals surface area contributed by atoms with Crippen LogP contribution in [0.3, 0.4) is 0 Å². The van der Waals surface area contributed by atoms with Crippen molar-refractivity contribution in [1.82, 2.24) is 15.1 Å². The smallest absolute Gasteiger partial charge is 0.155 e. The Bertz CT molecular complexity index is 573. The Morgan fingerprint density at radius 1 is 1.09 bits per heavy atom. The summed E-state index contributed by atoms with van der Waals surface area (Å²) in [6.45, 7) is 9.03. The number of nitrogens with zero attached hydrogens (tertiary/aromatic N) is 2. The van der Waals surface area contributed by atoms with Gasteiger partial charge in [0.25, 0.3) is 0 Å². The van der Waals surface area contributed by atoms with E-state index in [-0.39, 0.29) is 0 Å². The van der Waals surface area contributed by atoms with Crippen LogP contribution in [0.4, 0.5) is 5.82 Å². The van der Waals surface area contributed by atoms with Gasteiger partial charge in [0.15, 0.2) is 5.82 Å². The predicted molar refractivity (Wildman–Crippen MR) is 100 cm³/mol. The maximum atomic E-state index is 6.07. The molecule has 0 saturated carbocycles. The monoisotopic (exact) mass is 336 g/mol. The molecule has 0 spiro atoms. The molecule has 2 aromatic rings. The molecule has 1 aromatic heterocycles. The van der Waals surface area contributed by atoms with Gasteiger partial charge in [0, 0.05) is 17.0 Å². The number of fused-ring (bicyclic) bond motifs is 1. The molecule has 5 heteroatoms. The van der Waals surface area contributed by atoms with Crippen LogP contribution in [0.1, 0.15) is 46.0 Å². The zero-order chi connectivity index (χ0) is 16.5. The van der Waals surface area contributed by atoms with E-state index in [0.29, 0.717) is 0 Å². The van der Waals surface area contributed by atoms with Gasteiger partial charge >= 0.3 is 0 Å². The normalized spacial score (nSPS) is 11.5. The largest absolute Gasteiger partial charge is 0.368 e. The second-order valence-corrected chi connectivity index (χ2v) is 6.53. The minimum Gasteiger partial charge on any atom is -0.368 e. The van der Waals surface area contributed by atoms with Gasteiger partial charge in [-0.1, -0.05) is 38.3 Å². The van der Waals surface area contributed by atoms with Crippen molar-refractivity contribution in [3.05, 3.63) is 23.2 Å². The van der Waals surface area contributed by atoms with Crippen LogP contribution < -0.4 is 5.32 Å². The van der Waals surface area contributed by atoms with E-state index in [9.17, 15) is 0 Å². The van der Waals surface area contributed by atoms with Crippen molar-refractivity contribution < 1.29 is 0 Å². The number of aromatic nitrogens is 2. The second-order valence-electron chi connectivity index (χ2n) is 6.09. The summed E-state index contributed by atoms with van der Waals surface area (Å²) in [6.07, 6.45) is 6.24. The van der Waals surface area contributed by atoms with Gasteiger partial charge in [-0.15, -0.1) is 0 Å². The molecule has 0 radical (unpaired) electrons. The predicted octanol–water partition coefficient (Wildman–Crippen LogP) is 4.92. The van der Waals surface area contributed by atoms with Gasteiger partial charge in [-0.2, -0.15) is 5.10 Å². The van der Waals surface area contributed by atoms with Crippen molar-refractivity contribution >= 4 is 28.3 Å². The van der Waals surface area contributed by atoms with Crippen molar-refractivity contribution in [2.45, 2.75) is 46.0 Å². The summed E-state index contributed by atoms with van der Waals surface area (Å²) in [7, 11) is 0. The van der Waals surface area contributed by atoms with Gasteiger partial charge < -0.3 is 10.2 Å². The minimum atomic E-state index is 0.743. The van der Waals surface area contributed by atoms with Crippen LogP contribution in [0.5, 0.6) is 0 Å². The molecule has 1 heterocycles. The minimum absolute atomic E-state index is 0.743. The van der Waals surface area contributed by atoms with E-state index in [1.165, 1.54) is 38.8 Å². The summed E-state index contributed by atoms with van der Waals surface area (Å²) in [5.41, 5.74) is 1.02. The SMILES string of the molecule is CCCCN(CCCC)CCCNc1n[nH]c2ccc(Cl)cc12. The van der Waals surface area contributed by atoms with Crippen LogP contribution in [-0.4, -0.2) is 41.3 Å². The van der Waals surface area contributed by atoms with E-state index in [0.717, 1.165) is 41.3 Å². The number of aromatic amines is 1. The van der Waals surface area contributed by atoms with Gasteiger partial charge in [0.2, 0.25) is 0 Å². The summed E-state index contributed by atoms with van der Waals surface area (Å²) in [6, 6.07) is 5.80. The Labute approximate surface area is 144 Å². The van der Waals surface area contributed by atoms with Crippen LogP contribution in [0.15, 0.2) is 18.2 Å². The molecule has 0 atom stereocenters. The lowest BCUT2D eigenvalue weighted by Gasteiger charge is -2.21. The highest BCUT2D eigenvalue weighted by Gasteiger charge is 2.07. The number of hydrogen-bond acceptors (Lipinski definition) is 3. The first-order chi connectivity index (χ1) is 11.2. The van der Waals surface area contributed by atoms with Gasteiger partial charge in [0.05, 0.1) is 5.52 Å². The molecule has 0 amide bonds. The quantitative estimate of drug-likeness (QED) is 0.572. The lowest BCUT2D eigenvalue weighted by molar-refractivity contribution is 0.264. The number of rotatable bonds is 11. The number of benzene rings is 1. The van der Waals surface area contributed by atoms with Crippen LogP contribution >= 0.6 is 11.6 Å². The fraction of sp³-hybridized carbons (Fsp3) is 0.611. The molecular formula is C18H29ClN4. The van der Waals surface area contributed by atoms with E-state index < -0.39 is 0 Å². The third kappa shape index (κ3) is 5.70. The fourth-order valence-corrected chi connectivity index (χ4v) is 2.90. The van der Waals surface area contributed by atoms with Crippen molar-refractivity contribution in [3.8, 4) is 0 Å². The van der Waals surface area contributed by atoms with Crippen molar-refractivity contribution in [1.29, 1.82) is 0 Å². The Kier molecular flexibility index (Phi) is 7.69. The maximum Gasteiger partial charge on any atom is 0.155 e. The summed E-state index contributed by atoms with van der Waals surface area (Å²) in [5, 5.41) is 12.6. The van der Waals surface area contributed by atoms with E-state index in [4.69, 9.17) is 11.6 Å². The lowest BCUT2D eigenvalue weighted by atomic mass is 10.2. The van der Waals surface area contributed by atoms with Crippen LogP contribution in [0.2, 0.25) is 5.02 Å². The van der Waals surface area contributed by atoms with Crippen LogP contribution in [0, 0.1) is 0 Å². The zero-order valence-corrected chi connectivity index (χ0v) is 15.1. The van der Waals surface area contributed by atoms with Crippen molar-refractivity contribution in [2.75, 3.05) is 31.5 Å². The third-order valence-electron chi connectivity index (χ3n) is 4.12.